The van der Waals surface area contributed by atoms with Gasteiger partial charge in [-0.1, -0.05) is 0 Å². The van der Waals surface area contributed by atoms with E-state index in [9.17, 15) is 4.39 Å². The van der Waals surface area contributed by atoms with E-state index in [0.29, 0.717) is 24.3 Å². The standard InChI is InChI=1S/C13H18FNO/c1-9-5-11(14)10(12(6-9)16-2)7-13(8-15)3-4-13/h5-6H,3-4,7-8,15H2,1-2H3. The Bertz CT molecular complexity index is 399. The summed E-state index contributed by atoms with van der Waals surface area (Å²) in [5, 5.41) is 0. The van der Waals surface area contributed by atoms with Crippen LogP contribution in [0.5, 0.6) is 5.75 Å². The summed E-state index contributed by atoms with van der Waals surface area (Å²) >= 11 is 0. The van der Waals surface area contributed by atoms with Crippen molar-refractivity contribution in [2.45, 2.75) is 26.2 Å². The maximum absolute atomic E-state index is 13.9. The number of hydrogen-bond acceptors (Lipinski definition) is 2. The molecule has 88 valence electrons. The van der Waals surface area contributed by atoms with E-state index in [1.165, 1.54) is 0 Å². The number of rotatable bonds is 4. The Morgan fingerprint density at radius 3 is 2.62 bits per heavy atom. The molecule has 0 atom stereocenters. The summed E-state index contributed by atoms with van der Waals surface area (Å²) < 4.78 is 19.1. The predicted molar refractivity (Wildman–Crippen MR) is 62.1 cm³/mol. The van der Waals surface area contributed by atoms with Gasteiger partial charge in [0.15, 0.2) is 0 Å². The Kier molecular flexibility index (Phi) is 2.89. The van der Waals surface area contributed by atoms with Crippen molar-refractivity contribution >= 4 is 0 Å². The highest BCUT2D eigenvalue weighted by molar-refractivity contribution is 5.39. The first-order valence-corrected chi connectivity index (χ1v) is 5.63. The van der Waals surface area contributed by atoms with Gasteiger partial charge in [-0.15, -0.1) is 0 Å². The van der Waals surface area contributed by atoms with Crippen LogP contribution >= 0.6 is 0 Å². The van der Waals surface area contributed by atoms with Gasteiger partial charge in [-0.3, -0.25) is 0 Å². The van der Waals surface area contributed by atoms with Crippen LogP contribution in [0.25, 0.3) is 0 Å². The minimum atomic E-state index is -0.170. The molecule has 1 aromatic carbocycles. The zero-order valence-electron chi connectivity index (χ0n) is 9.85. The molecule has 0 aromatic heterocycles. The van der Waals surface area contributed by atoms with E-state index in [1.54, 1.807) is 13.2 Å². The van der Waals surface area contributed by atoms with Crippen molar-refractivity contribution in [3.8, 4) is 5.75 Å². The molecular weight excluding hydrogens is 205 g/mol. The lowest BCUT2D eigenvalue weighted by Crippen LogP contribution is -2.19. The summed E-state index contributed by atoms with van der Waals surface area (Å²) in [4.78, 5) is 0. The normalized spacial score (nSPS) is 17.2. The molecule has 0 saturated heterocycles. The van der Waals surface area contributed by atoms with Crippen LogP contribution in [0.15, 0.2) is 12.1 Å². The van der Waals surface area contributed by atoms with Crippen molar-refractivity contribution in [1.29, 1.82) is 0 Å². The van der Waals surface area contributed by atoms with E-state index in [2.05, 4.69) is 0 Å². The molecule has 0 bridgehead atoms. The number of nitrogens with two attached hydrogens (primary N) is 1. The summed E-state index contributed by atoms with van der Waals surface area (Å²) in [6.45, 7) is 2.49. The Labute approximate surface area is 95.6 Å². The van der Waals surface area contributed by atoms with E-state index in [4.69, 9.17) is 10.5 Å². The van der Waals surface area contributed by atoms with Gasteiger partial charge in [0.1, 0.15) is 11.6 Å². The molecule has 1 saturated carbocycles. The molecule has 0 radical (unpaired) electrons. The van der Waals surface area contributed by atoms with Crippen LogP contribution in [0.1, 0.15) is 24.0 Å². The molecular formula is C13H18FNO. The zero-order valence-corrected chi connectivity index (χ0v) is 9.85. The second-order valence-electron chi connectivity index (χ2n) is 4.81. The molecule has 0 aliphatic heterocycles. The summed E-state index contributed by atoms with van der Waals surface area (Å²) in [5.74, 6) is 0.480. The largest absolute Gasteiger partial charge is 0.496 e. The van der Waals surface area contributed by atoms with E-state index in [1.807, 2.05) is 13.0 Å². The van der Waals surface area contributed by atoms with Crippen molar-refractivity contribution in [3.05, 3.63) is 29.1 Å². The first kappa shape index (κ1) is 11.4. The van der Waals surface area contributed by atoms with Gasteiger partial charge in [0.25, 0.3) is 0 Å². The number of methoxy groups -OCH3 is 1. The molecule has 1 aliphatic rings. The number of benzene rings is 1. The number of halogens is 1. The molecule has 16 heavy (non-hydrogen) atoms. The van der Waals surface area contributed by atoms with Gasteiger partial charge in [0.2, 0.25) is 0 Å². The monoisotopic (exact) mass is 223 g/mol. The van der Waals surface area contributed by atoms with Crippen LogP contribution in [-0.2, 0) is 6.42 Å². The lowest BCUT2D eigenvalue weighted by molar-refractivity contribution is 0.394. The van der Waals surface area contributed by atoms with E-state index < -0.39 is 0 Å². The van der Waals surface area contributed by atoms with Crippen molar-refractivity contribution < 1.29 is 9.13 Å². The van der Waals surface area contributed by atoms with Gasteiger partial charge in [-0.2, -0.15) is 0 Å². The number of hydrogen-bond donors (Lipinski definition) is 1. The third-order valence-corrected chi connectivity index (χ3v) is 3.46. The van der Waals surface area contributed by atoms with Crippen LogP contribution in [0.4, 0.5) is 4.39 Å². The van der Waals surface area contributed by atoms with Crippen LogP contribution in [-0.4, -0.2) is 13.7 Å². The van der Waals surface area contributed by atoms with Crippen molar-refractivity contribution in [2.24, 2.45) is 11.1 Å². The predicted octanol–water partition coefficient (Wildman–Crippen LogP) is 2.42. The third-order valence-electron chi connectivity index (χ3n) is 3.46. The Balaban J connectivity index is 2.32. The van der Waals surface area contributed by atoms with E-state index in [-0.39, 0.29) is 11.2 Å². The summed E-state index contributed by atoms with van der Waals surface area (Å²) in [7, 11) is 1.58. The highest BCUT2D eigenvalue weighted by Crippen LogP contribution is 2.48. The van der Waals surface area contributed by atoms with Gasteiger partial charge >= 0.3 is 0 Å². The summed E-state index contributed by atoms with van der Waals surface area (Å²) in [6.07, 6.45) is 2.89. The van der Waals surface area contributed by atoms with Crippen molar-refractivity contribution in [1.82, 2.24) is 0 Å². The number of aryl methyl sites for hydroxylation is 1. The molecule has 0 amide bonds. The minimum Gasteiger partial charge on any atom is -0.496 e. The van der Waals surface area contributed by atoms with Crippen molar-refractivity contribution in [2.75, 3.05) is 13.7 Å². The second kappa shape index (κ2) is 4.06. The van der Waals surface area contributed by atoms with Crippen LogP contribution in [0.3, 0.4) is 0 Å². The average Bonchev–Trinajstić information content (AvgIpc) is 3.02. The maximum Gasteiger partial charge on any atom is 0.130 e. The van der Waals surface area contributed by atoms with Crippen molar-refractivity contribution in [3.63, 3.8) is 0 Å². The topological polar surface area (TPSA) is 35.2 Å². The van der Waals surface area contributed by atoms with Crippen LogP contribution in [0, 0.1) is 18.2 Å². The van der Waals surface area contributed by atoms with E-state index in [0.717, 1.165) is 18.4 Å². The maximum atomic E-state index is 13.9. The zero-order chi connectivity index (χ0) is 11.8. The molecule has 1 fully saturated rings. The molecule has 2 rings (SSSR count). The van der Waals surface area contributed by atoms with Gasteiger partial charge in [0, 0.05) is 5.56 Å². The fourth-order valence-electron chi connectivity index (χ4n) is 2.10. The summed E-state index contributed by atoms with van der Waals surface area (Å²) in [5.41, 5.74) is 7.42. The fraction of sp³-hybridized carbons (Fsp3) is 0.538. The Morgan fingerprint density at radius 1 is 1.44 bits per heavy atom. The quantitative estimate of drug-likeness (QED) is 0.850. The summed E-state index contributed by atoms with van der Waals surface area (Å²) in [6, 6.07) is 3.44. The van der Waals surface area contributed by atoms with Crippen LogP contribution in [0.2, 0.25) is 0 Å². The number of ether oxygens (including phenoxy) is 1. The highest BCUT2D eigenvalue weighted by Gasteiger charge is 2.42. The Hall–Kier alpha value is -1.09. The molecule has 0 heterocycles. The SMILES string of the molecule is COc1cc(C)cc(F)c1CC1(CN)CC1. The third kappa shape index (κ3) is 2.05. The van der Waals surface area contributed by atoms with Gasteiger partial charge in [-0.05, 0) is 55.8 Å². The fourth-order valence-corrected chi connectivity index (χ4v) is 2.10. The lowest BCUT2D eigenvalue weighted by atomic mass is 9.95. The van der Waals surface area contributed by atoms with Gasteiger partial charge in [-0.25, -0.2) is 4.39 Å². The first-order chi connectivity index (χ1) is 7.60. The smallest absolute Gasteiger partial charge is 0.130 e. The lowest BCUT2D eigenvalue weighted by Gasteiger charge is -2.16. The highest BCUT2D eigenvalue weighted by atomic mass is 19.1. The van der Waals surface area contributed by atoms with Crippen LogP contribution < -0.4 is 10.5 Å². The molecule has 2 N–H and O–H groups in total. The molecule has 0 spiro atoms. The first-order valence-electron chi connectivity index (χ1n) is 5.63. The molecule has 3 heteroatoms. The molecule has 0 unspecified atom stereocenters. The van der Waals surface area contributed by atoms with Gasteiger partial charge in [0.05, 0.1) is 7.11 Å². The molecule has 1 aliphatic carbocycles. The Morgan fingerprint density at radius 2 is 2.12 bits per heavy atom. The van der Waals surface area contributed by atoms with Gasteiger partial charge < -0.3 is 10.5 Å². The minimum absolute atomic E-state index is 0.128. The molecule has 1 aromatic rings. The van der Waals surface area contributed by atoms with E-state index >= 15 is 0 Å². The molecule has 2 nitrogen and oxygen atoms in total. The average molecular weight is 223 g/mol. The second-order valence-corrected chi connectivity index (χ2v) is 4.81.